The van der Waals surface area contributed by atoms with Crippen LogP contribution in [0.2, 0.25) is 0 Å². The van der Waals surface area contributed by atoms with Crippen LogP contribution in [0.4, 0.5) is 5.69 Å². The second-order valence-corrected chi connectivity index (χ2v) is 7.24. The Hall–Kier alpha value is -3.05. The van der Waals surface area contributed by atoms with Gasteiger partial charge in [0.05, 0.1) is 0 Å². The molecule has 1 aliphatic rings. The highest BCUT2D eigenvalue weighted by Crippen LogP contribution is 2.22. The fourth-order valence-electron chi connectivity index (χ4n) is 3.59. The summed E-state index contributed by atoms with van der Waals surface area (Å²) in [6.07, 6.45) is 3.98. The van der Waals surface area contributed by atoms with Crippen molar-refractivity contribution in [1.82, 2.24) is 14.8 Å². The molecule has 0 bridgehead atoms. The number of carbonyl (C=O) groups is 1. The molecule has 4 rings (SSSR count). The molecule has 2 heterocycles. The van der Waals surface area contributed by atoms with Crippen LogP contribution in [0, 0.1) is 0 Å². The first kappa shape index (κ1) is 18.3. The third-order valence-electron chi connectivity index (χ3n) is 5.31. The summed E-state index contributed by atoms with van der Waals surface area (Å²) in [7, 11) is 2.16. The van der Waals surface area contributed by atoms with Gasteiger partial charge in [-0.15, -0.1) is 0 Å². The maximum Gasteiger partial charge on any atom is 0.251 e. The number of benzene rings is 2. The van der Waals surface area contributed by atoms with Gasteiger partial charge in [0, 0.05) is 62.1 Å². The molecule has 3 aromatic rings. The van der Waals surface area contributed by atoms with Crippen LogP contribution >= 0.6 is 0 Å². The van der Waals surface area contributed by atoms with Gasteiger partial charge in [0.1, 0.15) is 0 Å². The van der Waals surface area contributed by atoms with Gasteiger partial charge in [-0.25, -0.2) is 0 Å². The molecule has 0 unspecified atom stereocenters. The van der Waals surface area contributed by atoms with Crippen molar-refractivity contribution in [2.75, 3.05) is 38.1 Å². The number of amides is 1. The van der Waals surface area contributed by atoms with E-state index in [1.54, 1.807) is 0 Å². The lowest BCUT2D eigenvalue weighted by Gasteiger charge is -2.35. The molecule has 0 saturated carbocycles. The molecule has 2 aromatic carbocycles. The van der Waals surface area contributed by atoms with E-state index in [-0.39, 0.29) is 5.91 Å². The van der Waals surface area contributed by atoms with Crippen LogP contribution in [0.25, 0.3) is 5.69 Å². The van der Waals surface area contributed by atoms with E-state index in [2.05, 4.69) is 40.4 Å². The summed E-state index contributed by atoms with van der Waals surface area (Å²) in [5, 5.41) is 3.07. The highest BCUT2D eigenvalue weighted by atomic mass is 16.1. The van der Waals surface area contributed by atoms with Gasteiger partial charge in [0.25, 0.3) is 5.91 Å². The average Bonchev–Trinajstić information content (AvgIpc) is 3.28. The summed E-state index contributed by atoms with van der Waals surface area (Å²) >= 11 is 0. The molecular weight excluding hydrogens is 348 g/mol. The average molecular weight is 374 g/mol. The molecule has 5 nitrogen and oxygen atoms in total. The fraction of sp³-hybridized carbons (Fsp3) is 0.261. The Labute approximate surface area is 166 Å². The van der Waals surface area contributed by atoms with Gasteiger partial charge in [0.15, 0.2) is 0 Å². The summed E-state index contributed by atoms with van der Waals surface area (Å²) < 4.78 is 2.02. The van der Waals surface area contributed by atoms with Crippen LogP contribution in [0.3, 0.4) is 0 Å². The van der Waals surface area contributed by atoms with Gasteiger partial charge in [-0.2, -0.15) is 0 Å². The number of piperazine rings is 1. The Kier molecular flexibility index (Phi) is 5.44. The van der Waals surface area contributed by atoms with Gasteiger partial charge >= 0.3 is 0 Å². The first-order valence-corrected chi connectivity index (χ1v) is 9.74. The zero-order chi connectivity index (χ0) is 19.3. The monoisotopic (exact) mass is 374 g/mol. The van der Waals surface area contributed by atoms with Crippen LogP contribution in [-0.2, 0) is 6.54 Å². The van der Waals surface area contributed by atoms with Crippen molar-refractivity contribution in [2.45, 2.75) is 6.54 Å². The van der Waals surface area contributed by atoms with Crippen LogP contribution in [0.5, 0.6) is 0 Å². The van der Waals surface area contributed by atoms with Crippen molar-refractivity contribution in [2.24, 2.45) is 0 Å². The molecule has 0 atom stereocenters. The molecule has 1 amide bonds. The summed E-state index contributed by atoms with van der Waals surface area (Å²) in [6, 6.07) is 20.0. The van der Waals surface area contributed by atoms with Crippen LogP contribution in [0.15, 0.2) is 73.1 Å². The van der Waals surface area contributed by atoms with Gasteiger partial charge in [-0.3, -0.25) is 4.79 Å². The number of hydrogen-bond donors (Lipinski definition) is 1. The van der Waals surface area contributed by atoms with E-state index in [4.69, 9.17) is 0 Å². The molecule has 5 heteroatoms. The zero-order valence-electron chi connectivity index (χ0n) is 16.2. The molecular formula is C23H26N4O. The maximum atomic E-state index is 12.6. The standard InChI is InChI=1S/C23H26N4O/c1-25-14-16-27(17-15-25)22-7-3-2-6-20(22)18-24-23(28)19-8-10-21(11-9-19)26-12-4-5-13-26/h2-13H,14-18H2,1H3,(H,24,28). The van der Waals surface area contributed by atoms with Crippen molar-refractivity contribution in [3.8, 4) is 5.69 Å². The van der Waals surface area contributed by atoms with E-state index < -0.39 is 0 Å². The van der Waals surface area contributed by atoms with E-state index in [1.165, 1.54) is 5.69 Å². The maximum absolute atomic E-state index is 12.6. The van der Waals surface area contributed by atoms with Gasteiger partial charge < -0.3 is 19.7 Å². The Bertz CT molecular complexity index is 910. The predicted octanol–water partition coefficient (Wildman–Crippen LogP) is 3.16. The molecule has 1 aliphatic heterocycles. The summed E-state index contributed by atoms with van der Waals surface area (Å²) in [5.41, 5.74) is 4.10. The normalized spacial score (nSPS) is 14.8. The second-order valence-electron chi connectivity index (χ2n) is 7.24. The SMILES string of the molecule is CN1CCN(c2ccccc2CNC(=O)c2ccc(-n3cccc3)cc2)CC1. The third-order valence-corrected chi connectivity index (χ3v) is 5.31. The highest BCUT2D eigenvalue weighted by molar-refractivity contribution is 5.94. The molecule has 0 aliphatic carbocycles. The molecule has 144 valence electrons. The Balaban J connectivity index is 1.41. The van der Waals surface area contributed by atoms with Crippen LogP contribution < -0.4 is 10.2 Å². The minimum atomic E-state index is -0.0489. The van der Waals surface area contributed by atoms with Gasteiger partial charge in [-0.05, 0) is 55.1 Å². The lowest BCUT2D eigenvalue weighted by Crippen LogP contribution is -2.45. The van der Waals surface area contributed by atoms with Gasteiger partial charge in [-0.1, -0.05) is 18.2 Å². The predicted molar refractivity (Wildman–Crippen MR) is 113 cm³/mol. The minimum absolute atomic E-state index is 0.0489. The smallest absolute Gasteiger partial charge is 0.251 e. The number of carbonyl (C=O) groups excluding carboxylic acids is 1. The largest absolute Gasteiger partial charge is 0.369 e. The molecule has 1 saturated heterocycles. The number of nitrogens with one attached hydrogen (secondary N) is 1. The number of likely N-dealkylation sites (N-methyl/N-ethyl adjacent to an activating group) is 1. The first-order valence-electron chi connectivity index (χ1n) is 9.74. The van der Waals surface area contributed by atoms with Crippen molar-refractivity contribution >= 4 is 11.6 Å². The molecule has 1 N–H and O–H groups in total. The topological polar surface area (TPSA) is 40.5 Å². The molecule has 0 radical (unpaired) electrons. The van der Waals surface area contributed by atoms with Crippen molar-refractivity contribution < 1.29 is 4.79 Å². The Morgan fingerprint density at radius 3 is 2.29 bits per heavy atom. The van der Waals surface area contributed by atoms with Crippen LogP contribution in [0.1, 0.15) is 15.9 Å². The molecule has 0 spiro atoms. The number of hydrogen-bond acceptors (Lipinski definition) is 3. The van der Waals surface area contributed by atoms with E-state index >= 15 is 0 Å². The molecule has 28 heavy (non-hydrogen) atoms. The number of anilines is 1. The lowest BCUT2D eigenvalue weighted by molar-refractivity contribution is 0.0951. The Morgan fingerprint density at radius 1 is 0.893 bits per heavy atom. The van der Waals surface area contributed by atoms with E-state index in [0.29, 0.717) is 12.1 Å². The van der Waals surface area contributed by atoms with E-state index in [0.717, 1.165) is 37.4 Å². The lowest BCUT2D eigenvalue weighted by atomic mass is 10.1. The molecule has 1 fully saturated rings. The van der Waals surface area contributed by atoms with Crippen molar-refractivity contribution in [3.05, 3.63) is 84.2 Å². The quantitative estimate of drug-likeness (QED) is 0.746. The van der Waals surface area contributed by atoms with Crippen molar-refractivity contribution in [3.63, 3.8) is 0 Å². The third kappa shape index (κ3) is 4.10. The van der Waals surface area contributed by atoms with Gasteiger partial charge in [0.2, 0.25) is 0 Å². The molecule has 1 aromatic heterocycles. The zero-order valence-corrected chi connectivity index (χ0v) is 16.2. The minimum Gasteiger partial charge on any atom is -0.369 e. The number of para-hydroxylation sites is 1. The summed E-state index contributed by atoms with van der Waals surface area (Å²) in [5.74, 6) is -0.0489. The van der Waals surface area contributed by atoms with Crippen molar-refractivity contribution in [1.29, 1.82) is 0 Å². The number of rotatable bonds is 5. The second kappa shape index (κ2) is 8.31. The van der Waals surface area contributed by atoms with E-state index in [1.807, 2.05) is 59.4 Å². The van der Waals surface area contributed by atoms with Crippen LogP contribution in [-0.4, -0.2) is 48.6 Å². The highest BCUT2D eigenvalue weighted by Gasteiger charge is 2.17. The van der Waals surface area contributed by atoms with E-state index in [9.17, 15) is 4.79 Å². The number of nitrogens with zero attached hydrogens (tertiary/aromatic N) is 3. The Morgan fingerprint density at radius 2 is 1.57 bits per heavy atom. The first-order chi connectivity index (χ1) is 13.7. The summed E-state index contributed by atoms with van der Waals surface area (Å²) in [4.78, 5) is 17.4. The summed E-state index contributed by atoms with van der Waals surface area (Å²) in [6.45, 7) is 4.69. The fourth-order valence-corrected chi connectivity index (χ4v) is 3.59. The number of aromatic nitrogens is 1.